The van der Waals surface area contributed by atoms with Gasteiger partial charge in [0, 0.05) is 23.1 Å². The van der Waals surface area contributed by atoms with Gasteiger partial charge in [-0.2, -0.15) is 0 Å². The second kappa shape index (κ2) is 8.67. The standard InChI is InChI=1S/C15H21BrN2O3/c1-10(2)7-11(8-14(19)20)9-17-15(21)18-13-5-3-12(16)4-6-13/h3-6,10-11H,7-9H2,1-2H3,(H,19,20)(H2,17,18,21)/t11-/m0/s1. The van der Waals surface area contributed by atoms with Gasteiger partial charge < -0.3 is 15.7 Å². The van der Waals surface area contributed by atoms with E-state index in [2.05, 4.69) is 26.6 Å². The number of carboxylic acids is 1. The molecule has 1 aromatic rings. The number of carbonyl (C=O) groups is 2. The van der Waals surface area contributed by atoms with Crippen molar-refractivity contribution in [3.05, 3.63) is 28.7 Å². The lowest BCUT2D eigenvalue weighted by atomic mass is 9.94. The molecule has 0 aromatic heterocycles. The first-order valence-corrected chi connectivity index (χ1v) is 7.68. The molecule has 5 nitrogen and oxygen atoms in total. The van der Waals surface area contributed by atoms with Crippen molar-refractivity contribution in [1.29, 1.82) is 0 Å². The third-order valence-corrected chi connectivity index (χ3v) is 3.45. The first-order valence-electron chi connectivity index (χ1n) is 6.89. The van der Waals surface area contributed by atoms with Gasteiger partial charge in [-0.05, 0) is 42.5 Å². The molecule has 0 heterocycles. The predicted octanol–water partition coefficient (Wildman–Crippen LogP) is 3.71. The molecule has 116 valence electrons. The molecule has 21 heavy (non-hydrogen) atoms. The van der Waals surface area contributed by atoms with Gasteiger partial charge in [0.2, 0.25) is 0 Å². The number of urea groups is 1. The molecule has 0 saturated heterocycles. The molecule has 0 bridgehead atoms. The van der Waals surface area contributed by atoms with Gasteiger partial charge >= 0.3 is 12.0 Å². The summed E-state index contributed by atoms with van der Waals surface area (Å²) in [4.78, 5) is 22.6. The number of carbonyl (C=O) groups excluding carboxylic acids is 1. The Balaban J connectivity index is 2.44. The van der Waals surface area contributed by atoms with E-state index < -0.39 is 5.97 Å². The summed E-state index contributed by atoms with van der Waals surface area (Å²) in [5.74, 6) is -0.500. The molecule has 0 spiro atoms. The number of hydrogen-bond donors (Lipinski definition) is 3. The Morgan fingerprint density at radius 1 is 1.24 bits per heavy atom. The number of amides is 2. The largest absolute Gasteiger partial charge is 0.481 e. The van der Waals surface area contributed by atoms with E-state index in [9.17, 15) is 9.59 Å². The third kappa shape index (κ3) is 7.70. The number of halogens is 1. The van der Waals surface area contributed by atoms with Crippen molar-refractivity contribution < 1.29 is 14.7 Å². The van der Waals surface area contributed by atoms with Crippen molar-refractivity contribution >= 4 is 33.6 Å². The molecule has 2 amide bonds. The molecular weight excluding hydrogens is 336 g/mol. The molecular formula is C15H21BrN2O3. The number of hydrogen-bond acceptors (Lipinski definition) is 2. The Morgan fingerprint density at radius 2 is 1.86 bits per heavy atom. The van der Waals surface area contributed by atoms with Crippen LogP contribution in [0.3, 0.4) is 0 Å². The Labute approximate surface area is 133 Å². The van der Waals surface area contributed by atoms with Crippen LogP contribution in [0.15, 0.2) is 28.7 Å². The summed E-state index contributed by atoms with van der Waals surface area (Å²) < 4.78 is 0.937. The van der Waals surface area contributed by atoms with Gasteiger partial charge in [0.15, 0.2) is 0 Å². The summed E-state index contributed by atoms with van der Waals surface area (Å²) in [6.07, 6.45) is 0.835. The van der Waals surface area contributed by atoms with E-state index in [0.29, 0.717) is 18.2 Å². The van der Waals surface area contributed by atoms with Crippen molar-refractivity contribution in [2.75, 3.05) is 11.9 Å². The maximum absolute atomic E-state index is 11.8. The fraction of sp³-hybridized carbons (Fsp3) is 0.467. The number of nitrogens with one attached hydrogen (secondary N) is 2. The second-order valence-electron chi connectivity index (χ2n) is 5.44. The van der Waals surface area contributed by atoms with Gasteiger partial charge in [0.25, 0.3) is 0 Å². The minimum absolute atomic E-state index is 0.0573. The molecule has 0 aliphatic rings. The van der Waals surface area contributed by atoms with Crippen molar-refractivity contribution in [3.63, 3.8) is 0 Å². The Hall–Kier alpha value is -1.56. The number of benzene rings is 1. The van der Waals surface area contributed by atoms with E-state index in [-0.39, 0.29) is 18.4 Å². The zero-order chi connectivity index (χ0) is 15.8. The molecule has 1 rings (SSSR count). The van der Waals surface area contributed by atoms with E-state index in [4.69, 9.17) is 5.11 Å². The van der Waals surface area contributed by atoms with Crippen LogP contribution in [0.5, 0.6) is 0 Å². The molecule has 0 aliphatic carbocycles. The van der Waals surface area contributed by atoms with E-state index >= 15 is 0 Å². The molecule has 3 N–H and O–H groups in total. The molecule has 0 aliphatic heterocycles. The maximum atomic E-state index is 11.8. The van der Waals surface area contributed by atoms with Gasteiger partial charge in [0.05, 0.1) is 0 Å². The van der Waals surface area contributed by atoms with E-state index in [0.717, 1.165) is 10.9 Å². The molecule has 0 fully saturated rings. The van der Waals surface area contributed by atoms with Crippen LogP contribution in [0.2, 0.25) is 0 Å². The second-order valence-corrected chi connectivity index (χ2v) is 6.35. The van der Waals surface area contributed by atoms with Gasteiger partial charge in [-0.25, -0.2) is 4.79 Å². The molecule has 0 saturated carbocycles. The van der Waals surface area contributed by atoms with Gasteiger partial charge in [-0.15, -0.1) is 0 Å². The predicted molar refractivity (Wildman–Crippen MR) is 86.4 cm³/mol. The minimum Gasteiger partial charge on any atom is -0.481 e. The zero-order valence-electron chi connectivity index (χ0n) is 12.2. The molecule has 1 aromatic carbocycles. The van der Waals surface area contributed by atoms with Crippen molar-refractivity contribution in [2.24, 2.45) is 11.8 Å². The first kappa shape index (κ1) is 17.5. The Morgan fingerprint density at radius 3 is 2.38 bits per heavy atom. The van der Waals surface area contributed by atoms with Crippen LogP contribution in [-0.4, -0.2) is 23.7 Å². The summed E-state index contributed by atoms with van der Waals surface area (Å²) >= 11 is 3.32. The van der Waals surface area contributed by atoms with Crippen LogP contribution >= 0.6 is 15.9 Å². The number of anilines is 1. The Kier molecular flexibility index (Phi) is 7.22. The van der Waals surface area contributed by atoms with Gasteiger partial charge in [-0.1, -0.05) is 29.8 Å². The van der Waals surface area contributed by atoms with Crippen molar-refractivity contribution in [2.45, 2.75) is 26.7 Å². The maximum Gasteiger partial charge on any atom is 0.319 e. The first-order chi connectivity index (χ1) is 9.86. The van der Waals surface area contributed by atoms with Crippen LogP contribution in [-0.2, 0) is 4.79 Å². The lowest BCUT2D eigenvalue weighted by Crippen LogP contribution is -2.34. The average Bonchev–Trinajstić information content (AvgIpc) is 2.37. The summed E-state index contributed by atoms with van der Waals surface area (Å²) in [6.45, 7) is 4.43. The number of aliphatic carboxylic acids is 1. The Bertz CT molecular complexity index is 474. The summed E-state index contributed by atoms with van der Waals surface area (Å²) in [7, 11) is 0. The van der Waals surface area contributed by atoms with Crippen molar-refractivity contribution in [3.8, 4) is 0 Å². The van der Waals surface area contributed by atoms with Crippen LogP contribution in [0.1, 0.15) is 26.7 Å². The molecule has 0 radical (unpaired) electrons. The normalized spacial score (nSPS) is 12.0. The smallest absolute Gasteiger partial charge is 0.319 e. The summed E-state index contributed by atoms with van der Waals surface area (Å²) in [5.41, 5.74) is 0.689. The highest BCUT2D eigenvalue weighted by Gasteiger charge is 2.16. The highest BCUT2D eigenvalue weighted by Crippen LogP contribution is 2.16. The van der Waals surface area contributed by atoms with Gasteiger partial charge in [-0.3, -0.25) is 4.79 Å². The fourth-order valence-corrected chi connectivity index (χ4v) is 2.36. The number of rotatable bonds is 7. The summed E-state index contributed by atoms with van der Waals surface area (Å²) in [5, 5.41) is 14.3. The average molecular weight is 357 g/mol. The molecule has 6 heteroatoms. The van der Waals surface area contributed by atoms with Crippen molar-refractivity contribution in [1.82, 2.24) is 5.32 Å². The van der Waals surface area contributed by atoms with Gasteiger partial charge in [0.1, 0.15) is 0 Å². The highest BCUT2D eigenvalue weighted by molar-refractivity contribution is 9.10. The van der Waals surface area contributed by atoms with E-state index in [1.54, 1.807) is 12.1 Å². The lowest BCUT2D eigenvalue weighted by Gasteiger charge is -2.18. The van der Waals surface area contributed by atoms with Crippen LogP contribution in [0.4, 0.5) is 10.5 Å². The van der Waals surface area contributed by atoms with E-state index in [1.165, 1.54) is 0 Å². The molecule has 1 atom stereocenters. The summed E-state index contributed by atoms with van der Waals surface area (Å²) in [6, 6.07) is 6.92. The van der Waals surface area contributed by atoms with Crippen LogP contribution < -0.4 is 10.6 Å². The SMILES string of the molecule is CC(C)C[C@H](CNC(=O)Nc1ccc(Br)cc1)CC(=O)O. The fourth-order valence-electron chi connectivity index (χ4n) is 2.10. The topological polar surface area (TPSA) is 78.4 Å². The quantitative estimate of drug-likeness (QED) is 0.696. The monoisotopic (exact) mass is 356 g/mol. The third-order valence-electron chi connectivity index (χ3n) is 2.92. The molecule has 0 unspecified atom stereocenters. The van der Waals surface area contributed by atoms with Crippen LogP contribution in [0, 0.1) is 11.8 Å². The highest BCUT2D eigenvalue weighted by atomic mass is 79.9. The lowest BCUT2D eigenvalue weighted by molar-refractivity contribution is -0.138. The van der Waals surface area contributed by atoms with E-state index in [1.807, 2.05) is 26.0 Å². The minimum atomic E-state index is -0.837. The number of carboxylic acid groups (broad SMARTS) is 1. The van der Waals surface area contributed by atoms with Crippen LogP contribution in [0.25, 0.3) is 0 Å². The zero-order valence-corrected chi connectivity index (χ0v) is 13.8.